The first-order valence-corrected chi connectivity index (χ1v) is 6.13. The molecule has 0 saturated heterocycles. The first-order chi connectivity index (χ1) is 9.59. The lowest BCUT2D eigenvalue weighted by Crippen LogP contribution is -2.29. The third-order valence-corrected chi connectivity index (χ3v) is 2.33. The number of nitrogens with one attached hydrogen (secondary N) is 3. The summed E-state index contributed by atoms with van der Waals surface area (Å²) in [5.41, 5.74) is 1.05. The van der Waals surface area contributed by atoms with Crippen molar-refractivity contribution in [2.75, 3.05) is 25.1 Å². The summed E-state index contributed by atoms with van der Waals surface area (Å²) < 4.78 is 0. The first kappa shape index (κ1) is 18.9. The lowest BCUT2D eigenvalue weighted by molar-refractivity contribution is -0.118. The van der Waals surface area contributed by atoms with Gasteiger partial charge in [0.2, 0.25) is 5.91 Å². The highest BCUT2D eigenvalue weighted by molar-refractivity contribution is 8.93. The molecule has 8 heteroatoms. The fourth-order valence-corrected chi connectivity index (χ4v) is 1.35. The summed E-state index contributed by atoms with van der Waals surface area (Å²) in [6.07, 6.45) is 1.56. The van der Waals surface area contributed by atoms with E-state index in [-0.39, 0.29) is 28.5 Å². The van der Waals surface area contributed by atoms with Gasteiger partial charge in [-0.1, -0.05) is 0 Å². The van der Waals surface area contributed by atoms with Crippen molar-refractivity contribution in [3.8, 4) is 0 Å². The van der Waals surface area contributed by atoms with Gasteiger partial charge in [0.05, 0.1) is 11.9 Å². The molecule has 0 atom stereocenters. The molecule has 0 unspecified atom stereocenters. The smallest absolute Gasteiger partial charge is 0.335 e. The van der Waals surface area contributed by atoms with Crippen molar-refractivity contribution in [2.24, 2.45) is 4.99 Å². The summed E-state index contributed by atoms with van der Waals surface area (Å²) in [6.45, 7) is 3.00. The van der Waals surface area contributed by atoms with Gasteiger partial charge >= 0.3 is 5.97 Å². The highest BCUT2D eigenvalue weighted by Crippen LogP contribution is 2.08. The molecule has 1 rings (SSSR count). The number of carboxylic acids is 1. The monoisotopic (exact) mass is 358 g/mol. The zero-order chi connectivity index (χ0) is 14.8. The number of hydrogen-bond donors (Lipinski definition) is 4. The normalized spacial score (nSPS) is 9.76. The maximum absolute atomic E-state index is 10.7. The van der Waals surface area contributed by atoms with Crippen LogP contribution in [0.2, 0.25) is 0 Å². The van der Waals surface area contributed by atoms with Gasteiger partial charge in [-0.05, 0) is 24.3 Å². The molecule has 0 aliphatic heterocycles. The van der Waals surface area contributed by atoms with E-state index in [1.807, 2.05) is 0 Å². The Morgan fingerprint density at radius 2 is 1.90 bits per heavy atom. The number of benzene rings is 1. The van der Waals surface area contributed by atoms with E-state index in [9.17, 15) is 9.59 Å². The Bertz CT molecular complexity index is 477. The molecule has 4 N–H and O–H groups in total. The number of nitrogens with zero attached hydrogens (tertiary/aromatic N) is 1. The van der Waals surface area contributed by atoms with E-state index < -0.39 is 5.97 Å². The van der Waals surface area contributed by atoms with E-state index in [4.69, 9.17) is 5.11 Å². The second kappa shape index (κ2) is 10.7. The van der Waals surface area contributed by atoms with Crippen molar-refractivity contribution in [2.45, 2.75) is 6.92 Å². The number of carbonyl (C=O) groups excluding carboxylic acids is 1. The van der Waals surface area contributed by atoms with Crippen LogP contribution in [0.15, 0.2) is 29.3 Å². The molecule has 116 valence electrons. The Balaban J connectivity index is 0.00000400. The van der Waals surface area contributed by atoms with E-state index in [1.165, 1.54) is 19.1 Å². The van der Waals surface area contributed by atoms with Gasteiger partial charge in [-0.15, -0.1) is 17.0 Å². The molecule has 0 bridgehead atoms. The minimum Gasteiger partial charge on any atom is -0.478 e. The summed E-state index contributed by atoms with van der Waals surface area (Å²) in [5, 5.41) is 17.3. The van der Waals surface area contributed by atoms with Crippen LogP contribution in [0.4, 0.5) is 5.69 Å². The number of amides is 1. The van der Waals surface area contributed by atoms with Gasteiger partial charge in [0.1, 0.15) is 6.67 Å². The van der Waals surface area contributed by atoms with Crippen molar-refractivity contribution < 1.29 is 14.7 Å². The third kappa shape index (κ3) is 8.64. The highest BCUT2D eigenvalue weighted by Gasteiger charge is 2.00. The molecular formula is C13H19BrN4O3. The van der Waals surface area contributed by atoms with Gasteiger partial charge in [0.25, 0.3) is 0 Å². The average molecular weight is 359 g/mol. The maximum Gasteiger partial charge on any atom is 0.335 e. The summed E-state index contributed by atoms with van der Waals surface area (Å²) in [5.74, 6) is -1.01. The van der Waals surface area contributed by atoms with Gasteiger partial charge in [-0.2, -0.15) is 0 Å². The third-order valence-electron chi connectivity index (χ3n) is 2.33. The number of aromatic carboxylic acids is 1. The molecule has 0 aromatic heterocycles. The molecule has 7 nitrogen and oxygen atoms in total. The topological polar surface area (TPSA) is 103 Å². The summed E-state index contributed by atoms with van der Waals surface area (Å²) in [4.78, 5) is 25.3. The van der Waals surface area contributed by atoms with Crippen LogP contribution in [-0.2, 0) is 4.79 Å². The fourth-order valence-electron chi connectivity index (χ4n) is 1.35. The Morgan fingerprint density at radius 3 is 2.48 bits per heavy atom. The molecule has 0 fully saturated rings. The molecule has 0 aliphatic carbocycles. The molecule has 21 heavy (non-hydrogen) atoms. The van der Waals surface area contributed by atoms with Crippen LogP contribution >= 0.6 is 17.0 Å². The summed E-state index contributed by atoms with van der Waals surface area (Å²) in [7, 11) is 0. The standard InChI is InChI=1S/C13H18N4O3.BrH/c1-10(18)16-7-6-14-8-15-9-17-12-4-2-11(3-5-12)13(19)20;/h2-5,8,17H,6-7,9H2,1H3,(H,14,15)(H,16,18)(H,19,20);1H. The Morgan fingerprint density at radius 1 is 1.24 bits per heavy atom. The zero-order valence-corrected chi connectivity index (χ0v) is 13.3. The Labute approximate surface area is 133 Å². The van der Waals surface area contributed by atoms with Gasteiger partial charge < -0.3 is 21.1 Å². The second-order valence-electron chi connectivity index (χ2n) is 3.97. The van der Waals surface area contributed by atoms with Crippen LogP contribution in [0.25, 0.3) is 0 Å². The molecule has 1 aromatic rings. The number of rotatable bonds is 8. The largest absolute Gasteiger partial charge is 0.478 e. The predicted octanol–water partition coefficient (Wildman–Crippen LogP) is 1.09. The van der Waals surface area contributed by atoms with Crippen LogP contribution in [-0.4, -0.2) is 43.1 Å². The average Bonchev–Trinajstić information content (AvgIpc) is 2.42. The maximum atomic E-state index is 10.7. The Hall–Kier alpha value is -2.09. The number of halogens is 1. The van der Waals surface area contributed by atoms with Crippen molar-refractivity contribution in [3.63, 3.8) is 0 Å². The molecule has 0 spiro atoms. The number of aliphatic imine (C=N–C) groups is 1. The van der Waals surface area contributed by atoms with E-state index in [0.717, 1.165) is 5.69 Å². The molecule has 0 aliphatic rings. The summed E-state index contributed by atoms with van der Waals surface area (Å²) in [6, 6.07) is 6.42. The van der Waals surface area contributed by atoms with E-state index in [1.54, 1.807) is 18.5 Å². The van der Waals surface area contributed by atoms with Crippen molar-refractivity contribution in [1.29, 1.82) is 0 Å². The van der Waals surface area contributed by atoms with Gasteiger partial charge in [-0.3, -0.25) is 9.79 Å². The molecule has 0 heterocycles. The lowest BCUT2D eigenvalue weighted by atomic mass is 10.2. The molecule has 0 saturated carbocycles. The van der Waals surface area contributed by atoms with Crippen LogP contribution in [0, 0.1) is 0 Å². The number of hydrogen-bond acceptors (Lipinski definition) is 4. The van der Waals surface area contributed by atoms with Gasteiger partial charge in [0.15, 0.2) is 0 Å². The second-order valence-corrected chi connectivity index (χ2v) is 3.97. The highest BCUT2D eigenvalue weighted by atomic mass is 79.9. The van der Waals surface area contributed by atoms with E-state index >= 15 is 0 Å². The first-order valence-electron chi connectivity index (χ1n) is 6.13. The zero-order valence-electron chi connectivity index (χ0n) is 11.6. The van der Waals surface area contributed by atoms with Crippen LogP contribution < -0.4 is 16.0 Å². The predicted molar refractivity (Wildman–Crippen MR) is 87.4 cm³/mol. The number of carbonyl (C=O) groups is 2. The summed E-state index contributed by atoms with van der Waals surface area (Å²) >= 11 is 0. The minimum atomic E-state index is -0.946. The lowest BCUT2D eigenvalue weighted by Gasteiger charge is -2.04. The van der Waals surface area contributed by atoms with E-state index in [0.29, 0.717) is 19.8 Å². The van der Waals surface area contributed by atoms with Crippen molar-refractivity contribution >= 4 is 40.9 Å². The number of carboxylic acid groups (broad SMARTS) is 1. The molecule has 0 radical (unpaired) electrons. The van der Waals surface area contributed by atoms with Crippen molar-refractivity contribution in [1.82, 2.24) is 10.6 Å². The van der Waals surface area contributed by atoms with Gasteiger partial charge in [0, 0.05) is 25.7 Å². The van der Waals surface area contributed by atoms with E-state index in [2.05, 4.69) is 20.9 Å². The van der Waals surface area contributed by atoms with Gasteiger partial charge in [-0.25, -0.2) is 4.79 Å². The molecular weight excluding hydrogens is 340 g/mol. The molecule has 1 aromatic carbocycles. The SMILES string of the molecule is Br.CC(=O)NCCN/C=N/CNc1ccc(C(=O)O)cc1. The van der Waals surface area contributed by atoms with Crippen LogP contribution in [0.3, 0.4) is 0 Å². The minimum absolute atomic E-state index is 0. The number of anilines is 1. The quantitative estimate of drug-likeness (QED) is 0.316. The fraction of sp³-hybridized carbons (Fsp3) is 0.308. The van der Waals surface area contributed by atoms with Crippen LogP contribution in [0.5, 0.6) is 0 Å². The Kier molecular flexibility index (Phi) is 9.61. The van der Waals surface area contributed by atoms with Crippen molar-refractivity contribution in [3.05, 3.63) is 29.8 Å². The van der Waals surface area contributed by atoms with Crippen LogP contribution in [0.1, 0.15) is 17.3 Å². The molecule has 1 amide bonds.